The largest absolute Gasteiger partial charge is 0.492 e. The van der Waals surface area contributed by atoms with Gasteiger partial charge in [0.1, 0.15) is 5.75 Å². The molecule has 1 aliphatic heterocycles. The Morgan fingerprint density at radius 3 is 3.30 bits per heavy atom. The van der Waals surface area contributed by atoms with Crippen molar-refractivity contribution in [2.24, 2.45) is 0 Å². The second kappa shape index (κ2) is 2.27. The second-order valence-electron chi connectivity index (χ2n) is 2.60. The number of thiophene rings is 1. The van der Waals surface area contributed by atoms with Crippen molar-refractivity contribution in [1.82, 2.24) is 0 Å². The van der Waals surface area contributed by atoms with E-state index in [-0.39, 0.29) is 0 Å². The van der Waals surface area contributed by atoms with E-state index < -0.39 is 0 Å². The molecule has 0 amide bonds. The van der Waals surface area contributed by atoms with Gasteiger partial charge in [-0.15, -0.1) is 11.3 Å². The van der Waals surface area contributed by atoms with Crippen LogP contribution in [0.25, 0.3) is 0 Å². The third kappa shape index (κ3) is 0.833. The molecule has 1 nitrogen and oxygen atoms in total. The minimum Gasteiger partial charge on any atom is -0.492 e. The molecule has 10 heavy (non-hydrogen) atoms. The maximum atomic E-state index is 5.50. The van der Waals surface area contributed by atoms with Crippen molar-refractivity contribution in [2.75, 3.05) is 6.61 Å². The minimum atomic E-state index is 0.907. The molecule has 0 radical (unpaired) electrons. The van der Waals surface area contributed by atoms with Crippen molar-refractivity contribution in [2.45, 2.75) is 19.8 Å². The molecule has 1 aromatic rings. The molecule has 2 heteroatoms. The van der Waals surface area contributed by atoms with Crippen LogP contribution in [0.1, 0.15) is 16.9 Å². The zero-order chi connectivity index (χ0) is 6.97. The van der Waals surface area contributed by atoms with Crippen molar-refractivity contribution in [3.8, 4) is 5.75 Å². The quantitative estimate of drug-likeness (QED) is 0.557. The van der Waals surface area contributed by atoms with Gasteiger partial charge in [-0.1, -0.05) is 0 Å². The van der Waals surface area contributed by atoms with Crippen LogP contribution in [0.4, 0.5) is 0 Å². The van der Waals surface area contributed by atoms with Crippen molar-refractivity contribution in [3.63, 3.8) is 0 Å². The fraction of sp³-hybridized carbons (Fsp3) is 0.500. The van der Waals surface area contributed by atoms with Gasteiger partial charge in [-0.2, -0.15) is 0 Å². The average Bonchev–Trinajstić information content (AvgIpc) is 2.34. The highest BCUT2D eigenvalue weighted by Crippen LogP contribution is 2.33. The predicted octanol–water partition coefficient (Wildman–Crippen LogP) is 2.38. The van der Waals surface area contributed by atoms with Crippen LogP contribution in [0.15, 0.2) is 5.38 Å². The first-order chi connectivity index (χ1) is 4.88. The third-order valence-electron chi connectivity index (χ3n) is 1.83. The van der Waals surface area contributed by atoms with E-state index in [1.165, 1.54) is 23.3 Å². The van der Waals surface area contributed by atoms with Gasteiger partial charge < -0.3 is 4.74 Å². The van der Waals surface area contributed by atoms with Crippen molar-refractivity contribution >= 4 is 11.3 Å². The van der Waals surface area contributed by atoms with Crippen LogP contribution in [-0.4, -0.2) is 6.61 Å². The standard InChI is InChI=1S/C8H10OS/c1-6-8-7(5-10-6)3-2-4-9-8/h5H,2-4H2,1H3. The summed E-state index contributed by atoms with van der Waals surface area (Å²) in [5.74, 6) is 1.16. The van der Waals surface area contributed by atoms with Gasteiger partial charge in [-0.05, 0) is 25.1 Å². The van der Waals surface area contributed by atoms with Gasteiger partial charge in [-0.3, -0.25) is 0 Å². The Labute approximate surface area is 64.6 Å². The summed E-state index contributed by atoms with van der Waals surface area (Å²) in [5, 5.41) is 2.21. The number of rotatable bonds is 0. The first-order valence-corrected chi connectivity index (χ1v) is 4.45. The molecule has 54 valence electrons. The maximum absolute atomic E-state index is 5.50. The molecular weight excluding hydrogens is 144 g/mol. The molecule has 0 saturated heterocycles. The van der Waals surface area contributed by atoms with Crippen molar-refractivity contribution in [1.29, 1.82) is 0 Å². The van der Waals surface area contributed by atoms with E-state index in [0.717, 1.165) is 12.4 Å². The first kappa shape index (κ1) is 6.23. The van der Waals surface area contributed by atoms with Crippen LogP contribution in [0.5, 0.6) is 5.75 Å². The summed E-state index contributed by atoms with van der Waals surface area (Å²) in [4.78, 5) is 1.33. The monoisotopic (exact) mass is 154 g/mol. The molecule has 0 atom stereocenters. The SMILES string of the molecule is Cc1scc2c1OCCC2. The van der Waals surface area contributed by atoms with Crippen LogP contribution in [-0.2, 0) is 6.42 Å². The number of hydrogen-bond donors (Lipinski definition) is 0. The van der Waals surface area contributed by atoms with Crippen LogP contribution in [0.2, 0.25) is 0 Å². The van der Waals surface area contributed by atoms with Gasteiger partial charge in [0.15, 0.2) is 0 Å². The van der Waals surface area contributed by atoms with E-state index >= 15 is 0 Å². The smallest absolute Gasteiger partial charge is 0.136 e. The highest BCUT2D eigenvalue weighted by Gasteiger charge is 2.13. The van der Waals surface area contributed by atoms with E-state index in [1.54, 1.807) is 11.3 Å². The molecule has 2 rings (SSSR count). The molecule has 0 fully saturated rings. The summed E-state index contributed by atoms with van der Waals surface area (Å²) in [6, 6.07) is 0. The summed E-state index contributed by atoms with van der Waals surface area (Å²) in [6.45, 7) is 3.03. The fourth-order valence-corrected chi connectivity index (χ4v) is 2.14. The van der Waals surface area contributed by atoms with Crippen LogP contribution in [0, 0.1) is 6.92 Å². The lowest BCUT2D eigenvalue weighted by atomic mass is 10.1. The molecule has 0 N–H and O–H groups in total. The Morgan fingerprint density at radius 2 is 2.50 bits per heavy atom. The summed E-state index contributed by atoms with van der Waals surface area (Å²) in [6.07, 6.45) is 2.39. The summed E-state index contributed by atoms with van der Waals surface area (Å²) < 4.78 is 5.50. The number of hydrogen-bond acceptors (Lipinski definition) is 2. The van der Waals surface area contributed by atoms with Crippen LogP contribution in [0.3, 0.4) is 0 Å². The van der Waals surface area contributed by atoms with Crippen LogP contribution < -0.4 is 4.74 Å². The van der Waals surface area contributed by atoms with Crippen molar-refractivity contribution in [3.05, 3.63) is 15.8 Å². The summed E-state index contributed by atoms with van der Waals surface area (Å²) in [7, 11) is 0. The molecule has 2 heterocycles. The highest BCUT2D eigenvalue weighted by molar-refractivity contribution is 7.10. The lowest BCUT2D eigenvalue weighted by Crippen LogP contribution is -2.06. The number of fused-ring (bicyclic) bond motifs is 1. The molecular formula is C8H10OS. The number of aryl methyl sites for hydroxylation is 2. The van der Waals surface area contributed by atoms with E-state index in [9.17, 15) is 0 Å². The second-order valence-corrected chi connectivity index (χ2v) is 3.68. The Kier molecular flexibility index (Phi) is 1.42. The van der Waals surface area contributed by atoms with Gasteiger partial charge in [0.2, 0.25) is 0 Å². The normalized spacial score (nSPS) is 16.1. The maximum Gasteiger partial charge on any atom is 0.136 e. The van der Waals surface area contributed by atoms with Gasteiger partial charge in [0.25, 0.3) is 0 Å². The van der Waals surface area contributed by atoms with Gasteiger partial charge >= 0.3 is 0 Å². The van der Waals surface area contributed by atoms with Gasteiger partial charge in [0.05, 0.1) is 6.61 Å². The van der Waals surface area contributed by atoms with Gasteiger partial charge in [0, 0.05) is 10.4 Å². The molecule has 0 spiro atoms. The predicted molar refractivity (Wildman–Crippen MR) is 42.9 cm³/mol. The molecule has 0 bridgehead atoms. The van der Waals surface area contributed by atoms with Crippen molar-refractivity contribution < 1.29 is 4.74 Å². The zero-order valence-corrected chi connectivity index (χ0v) is 6.83. The van der Waals surface area contributed by atoms with Gasteiger partial charge in [-0.25, -0.2) is 0 Å². The molecule has 0 aromatic carbocycles. The Morgan fingerprint density at radius 1 is 1.60 bits per heavy atom. The van der Waals surface area contributed by atoms with E-state index in [0.29, 0.717) is 0 Å². The minimum absolute atomic E-state index is 0.907. The molecule has 0 saturated carbocycles. The lowest BCUT2D eigenvalue weighted by molar-refractivity contribution is 0.288. The molecule has 1 aromatic heterocycles. The average molecular weight is 154 g/mol. The third-order valence-corrected chi connectivity index (χ3v) is 2.77. The van der Waals surface area contributed by atoms with E-state index in [4.69, 9.17) is 4.74 Å². The fourth-order valence-electron chi connectivity index (χ4n) is 1.30. The van der Waals surface area contributed by atoms with E-state index in [2.05, 4.69) is 12.3 Å². The lowest BCUT2D eigenvalue weighted by Gasteiger charge is -2.13. The summed E-state index contributed by atoms with van der Waals surface area (Å²) in [5.41, 5.74) is 1.41. The first-order valence-electron chi connectivity index (χ1n) is 3.57. The van der Waals surface area contributed by atoms with Crippen LogP contribution >= 0.6 is 11.3 Å². The Balaban J connectivity index is 2.45. The topological polar surface area (TPSA) is 9.23 Å². The molecule has 0 unspecified atom stereocenters. The van der Waals surface area contributed by atoms with E-state index in [1.807, 2.05) is 0 Å². The Hall–Kier alpha value is -0.500. The molecule has 1 aliphatic rings. The summed E-state index contributed by atoms with van der Waals surface area (Å²) >= 11 is 1.80. The zero-order valence-electron chi connectivity index (χ0n) is 6.02. The number of ether oxygens (including phenoxy) is 1. The Bertz CT molecular complexity index is 239. The molecule has 0 aliphatic carbocycles. The highest BCUT2D eigenvalue weighted by atomic mass is 32.1.